The quantitative estimate of drug-likeness (QED) is 0.651. The zero-order valence-corrected chi connectivity index (χ0v) is 18.5. The SMILES string of the molecule is COc1cc(C(=O)NCCN(C(C)C)C(C)C)ccc1OCc1c(C)noc1C. The van der Waals surface area contributed by atoms with Crippen LogP contribution in [0.15, 0.2) is 22.7 Å². The summed E-state index contributed by atoms with van der Waals surface area (Å²) >= 11 is 0. The van der Waals surface area contributed by atoms with Gasteiger partial charge in [-0.15, -0.1) is 0 Å². The van der Waals surface area contributed by atoms with E-state index in [2.05, 4.69) is 43.1 Å². The number of aryl methyl sites for hydroxylation is 2. The minimum atomic E-state index is -0.131. The minimum Gasteiger partial charge on any atom is -0.493 e. The fourth-order valence-electron chi connectivity index (χ4n) is 3.30. The summed E-state index contributed by atoms with van der Waals surface area (Å²) in [5.74, 6) is 1.67. The zero-order chi connectivity index (χ0) is 21.6. The van der Waals surface area contributed by atoms with Gasteiger partial charge in [0, 0.05) is 30.7 Å². The van der Waals surface area contributed by atoms with Crippen molar-refractivity contribution < 1.29 is 18.8 Å². The van der Waals surface area contributed by atoms with E-state index in [1.165, 1.54) is 0 Å². The van der Waals surface area contributed by atoms with Crippen molar-refractivity contribution in [2.45, 2.75) is 60.2 Å². The summed E-state index contributed by atoms with van der Waals surface area (Å²) in [5.41, 5.74) is 2.25. The molecule has 2 aromatic rings. The zero-order valence-electron chi connectivity index (χ0n) is 18.5. The highest BCUT2D eigenvalue weighted by atomic mass is 16.5. The summed E-state index contributed by atoms with van der Waals surface area (Å²) in [7, 11) is 1.56. The van der Waals surface area contributed by atoms with E-state index in [0.29, 0.717) is 42.3 Å². The first-order valence-electron chi connectivity index (χ1n) is 10.0. The topological polar surface area (TPSA) is 76.8 Å². The third-order valence-corrected chi connectivity index (χ3v) is 4.96. The Bertz CT molecular complexity index is 787. The summed E-state index contributed by atoms with van der Waals surface area (Å²) in [5, 5.41) is 6.91. The monoisotopic (exact) mass is 403 g/mol. The molecule has 0 saturated carbocycles. The smallest absolute Gasteiger partial charge is 0.251 e. The molecule has 0 bridgehead atoms. The van der Waals surface area contributed by atoms with E-state index < -0.39 is 0 Å². The van der Waals surface area contributed by atoms with Gasteiger partial charge >= 0.3 is 0 Å². The Balaban J connectivity index is 1.99. The molecule has 1 heterocycles. The molecule has 7 nitrogen and oxygen atoms in total. The predicted octanol–water partition coefficient (Wildman–Crippen LogP) is 3.73. The highest BCUT2D eigenvalue weighted by molar-refractivity contribution is 5.94. The van der Waals surface area contributed by atoms with Gasteiger partial charge in [-0.2, -0.15) is 0 Å². The third-order valence-electron chi connectivity index (χ3n) is 4.96. The van der Waals surface area contributed by atoms with Gasteiger partial charge in [0.15, 0.2) is 11.5 Å². The van der Waals surface area contributed by atoms with Crippen LogP contribution in [-0.2, 0) is 6.61 Å². The first-order chi connectivity index (χ1) is 13.7. The van der Waals surface area contributed by atoms with Gasteiger partial charge in [0.05, 0.1) is 18.4 Å². The Morgan fingerprint density at radius 3 is 2.41 bits per heavy atom. The Morgan fingerprint density at radius 1 is 1.17 bits per heavy atom. The molecule has 0 fully saturated rings. The van der Waals surface area contributed by atoms with Crippen molar-refractivity contribution in [1.82, 2.24) is 15.4 Å². The molecule has 1 amide bonds. The largest absolute Gasteiger partial charge is 0.493 e. The van der Waals surface area contributed by atoms with Gasteiger partial charge in [-0.25, -0.2) is 0 Å². The highest BCUT2D eigenvalue weighted by Crippen LogP contribution is 2.29. The Hall–Kier alpha value is -2.54. The van der Waals surface area contributed by atoms with Crippen LogP contribution in [-0.4, -0.2) is 48.2 Å². The van der Waals surface area contributed by atoms with Crippen molar-refractivity contribution in [3.63, 3.8) is 0 Å². The van der Waals surface area contributed by atoms with Crippen LogP contribution in [0.5, 0.6) is 11.5 Å². The van der Waals surface area contributed by atoms with E-state index in [-0.39, 0.29) is 5.91 Å². The van der Waals surface area contributed by atoms with E-state index in [1.54, 1.807) is 25.3 Å². The fraction of sp³-hybridized carbons (Fsp3) is 0.545. The van der Waals surface area contributed by atoms with Crippen LogP contribution in [0.4, 0.5) is 0 Å². The van der Waals surface area contributed by atoms with Crippen LogP contribution >= 0.6 is 0 Å². The Morgan fingerprint density at radius 2 is 1.86 bits per heavy atom. The van der Waals surface area contributed by atoms with Crippen molar-refractivity contribution in [2.24, 2.45) is 0 Å². The van der Waals surface area contributed by atoms with Gasteiger partial charge in [0.2, 0.25) is 0 Å². The normalized spacial score (nSPS) is 11.4. The number of carbonyl (C=O) groups is 1. The molecule has 2 rings (SSSR count). The van der Waals surface area contributed by atoms with Crippen LogP contribution in [0.3, 0.4) is 0 Å². The maximum absolute atomic E-state index is 12.5. The Kier molecular flexibility index (Phi) is 8.08. The standard InChI is InChI=1S/C22H33N3O4/c1-14(2)25(15(3)4)11-10-23-22(26)18-8-9-20(21(12-18)27-7)28-13-19-16(5)24-29-17(19)6/h8-9,12,14-15H,10-11,13H2,1-7H3,(H,23,26). The number of hydrogen-bond donors (Lipinski definition) is 1. The second kappa shape index (κ2) is 10.3. The minimum absolute atomic E-state index is 0.131. The first kappa shape index (κ1) is 22.7. The molecule has 1 N–H and O–H groups in total. The molecule has 0 aliphatic carbocycles. The van der Waals surface area contributed by atoms with Crippen LogP contribution in [0.25, 0.3) is 0 Å². The van der Waals surface area contributed by atoms with E-state index in [9.17, 15) is 4.79 Å². The van der Waals surface area contributed by atoms with Crippen molar-refractivity contribution in [1.29, 1.82) is 0 Å². The molecule has 0 radical (unpaired) electrons. The van der Waals surface area contributed by atoms with Gasteiger partial charge in [-0.05, 0) is 59.7 Å². The van der Waals surface area contributed by atoms with E-state index in [1.807, 2.05) is 13.8 Å². The van der Waals surface area contributed by atoms with Crippen LogP contribution < -0.4 is 14.8 Å². The van der Waals surface area contributed by atoms with E-state index in [4.69, 9.17) is 14.0 Å². The number of hydrogen-bond acceptors (Lipinski definition) is 6. The predicted molar refractivity (Wildman–Crippen MR) is 113 cm³/mol. The summed E-state index contributed by atoms with van der Waals surface area (Å²) < 4.78 is 16.4. The second-order valence-electron chi connectivity index (χ2n) is 7.64. The molecule has 0 spiro atoms. The molecular formula is C22H33N3O4. The summed E-state index contributed by atoms with van der Waals surface area (Å²) in [6, 6.07) is 6.05. The number of nitrogens with one attached hydrogen (secondary N) is 1. The number of benzene rings is 1. The van der Waals surface area contributed by atoms with Crippen LogP contribution in [0.1, 0.15) is 55.1 Å². The lowest BCUT2D eigenvalue weighted by Gasteiger charge is -2.30. The molecule has 0 atom stereocenters. The molecule has 160 valence electrons. The summed E-state index contributed by atoms with van der Waals surface area (Å²) in [6.45, 7) is 14.1. The molecule has 7 heteroatoms. The van der Waals surface area contributed by atoms with Gasteiger partial charge in [0.1, 0.15) is 12.4 Å². The maximum atomic E-state index is 12.5. The number of methoxy groups -OCH3 is 1. The van der Waals surface area contributed by atoms with Gasteiger partial charge < -0.3 is 19.3 Å². The molecular weight excluding hydrogens is 370 g/mol. The number of ether oxygens (including phenoxy) is 2. The summed E-state index contributed by atoms with van der Waals surface area (Å²) in [4.78, 5) is 14.9. The Labute approximate surface area is 173 Å². The number of nitrogens with zero attached hydrogens (tertiary/aromatic N) is 2. The number of aromatic nitrogens is 1. The molecule has 0 unspecified atom stereocenters. The van der Waals surface area contributed by atoms with Crippen molar-refractivity contribution in [3.8, 4) is 11.5 Å². The molecule has 1 aromatic heterocycles. The first-order valence-corrected chi connectivity index (χ1v) is 10.0. The lowest BCUT2D eigenvalue weighted by molar-refractivity contribution is 0.0939. The number of rotatable bonds is 10. The molecule has 1 aromatic carbocycles. The number of carbonyl (C=O) groups excluding carboxylic acids is 1. The molecule has 0 aliphatic rings. The van der Waals surface area contributed by atoms with Gasteiger partial charge in [-0.3, -0.25) is 9.69 Å². The fourth-order valence-corrected chi connectivity index (χ4v) is 3.30. The van der Waals surface area contributed by atoms with Crippen molar-refractivity contribution in [3.05, 3.63) is 40.8 Å². The average Bonchev–Trinajstić information content (AvgIpc) is 3.00. The lowest BCUT2D eigenvalue weighted by atomic mass is 10.1. The van der Waals surface area contributed by atoms with Gasteiger partial charge in [-0.1, -0.05) is 5.16 Å². The highest BCUT2D eigenvalue weighted by Gasteiger charge is 2.16. The van der Waals surface area contributed by atoms with Gasteiger partial charge in [0.25, 0.3) is 5.91 Å². The summed E-state index contributed by atoms with van der Waals surface area (Å²) in [6.07, 6.45) is 0. The molecule has 29 heavy (non-hydrogen) atoms. The molecule has 0 aliphatic heterocycles. The van der Waals surface area contributed by atoms with Crippen molar-refractivity contribution >= 4 is 5.91 Å². The molecule has 0 saturated heterocycles. The van der Waals surface area contributed by atoms with E-state index in [0.717, 1.165) is 23.6 Å². The lowest BCUT2D eigenvalue weighted by Crippen LogP contribution is -2.42. The number of amides is 1. The maximum Gasteiger partial charge on any atom is 0.251 e. The second-order valence-corrected chi connectivity index (χ2v) is 7.64. The van der Waals surface area contributed by atoms with Crippen LogP contribution in [0.2, 0.25) is 0 Å². The van der Waals surface area contributed by atoms with Crippen LogP contribution in [0, 0.1) is 13.8 Å². The third kappa shape index (κ3) is 5.97. The van der Waals surface area contributed by atoms with E-state index >= 15 is 0 Å². The van der Waals surface area contributed by atoms with Crippen molar-refractivity contribution in [2.75, 3.05) is 20.2 Å². The average molecular weight is 404 g/mol.